The van der Waals surface area contributed by atoms with Crippen LogP contribution in [0, 0.1) is 13.8 Å². The van der Waals surface area contributed by atoms with Crippen LogP contribution in [0.5, 0.6) is 0 Å². The Morgan fingerprint density at radius 2 is 1.86 bits per heavy atom. The molecular weight excluding hydrogens is 276 g/mol. The molecule has 0 radical (unpaired) electrons. The van der Waals surface area contributed by atoms with Crippen LogP contribution in [-0.4, -0.2) is 42.6 Å². The Kier molecular flexibility index (Phi) is 5.24. The number of nitrogens with one attached hydrogen (secondary N) is 1. The summed E-state index contributed by atoms with van der Waals surface area (Å²) >= 11 is 0. The van der Waals surface area contributed by atoms with Gasteiger partial charge >= 0.3 is 5.97 Å². The van der Waals surface area contributed by atoms with Crippen molar-refractivity contribution in [2.45, 2.75) is 46.3 Å². The molecule has 1 N–H and O–H groups in total. The lowest BCUT2D eigenvalue weighted by Gasteiger charge is -2.36. The van der Waals surface area contributed by atoms with Gasteiger partial charge in [0.05, 0.1) is 0 Å². The molecule has 4 heteroatoms. The Bertz CT molecular complexity index is 528. The van der Waals surface area contributed by atoms with E-state index in [0.29, 0.717) is 0 Å². The monoisotopic (exact) mass is 304 g/mol. The molecule has 1 unspecified atom stereocenters. The van der Waals surface area contributed by atoms with Crippen molar-refractivity contribution in [2.75, 3.05) is 26.2 Å². The number of rotatable bonds is 3. The summed E-state index contributed by atoms with van der Waals surface area (Å²) < 4.78 is 5.70. The van der Waals surface area contributed by atoms with Gasteiger partial charge in [0, 0.05) is 26.2 Å². The molecule has 1 heterocycles. The molecule has 0 spiro atoms. The standard InChI is InChI=1S/C18H28N2O2/c1-13-6-7-14(2)15(12-13)16(17(21)22-18(3,4)5)20-10-8-19-9-11-20/h6-7,12,16,19H,8-11H2,1-5H3. The highest BCUT2D eigenvalue weighted by Gasteiger charge is 2.33. The fourth-order valence-electron chi connectivity index (χ4n) is 2.83. The van der Waals surface area contributed by atoms with Gasteiger partial charge in [-0.2, -0.15) is 0 Å². The van der Waals surface area contributed by atoms with E-state index in [1.165, 1.54) is 5.56 Å². The average Bonchev–Trinajstić information content (AvgIpc) is 2.42. The molecular formula is C18H28N2O2. The van der Waals surface area contributed by atoms with Crippen molar-refractivity contribution in [3.05, 3.63) is 34.9 Å². The van der Waals surface area contributed by atoms with Crippen molar-refractivity contribution >= 4 is 5.97 Å². The van der Waals surface area contributed by atoms with Crippen LogP contribution in [0.4, 0.5) is 0 Å². The average molecular weight is 304 g/mol. The number of piperazine rings is 1. The summed E-state index contributed by atoms with van der Waals surface area (Å²) in [5.74, 6) is -0.150. The number of hydrogen-bond donors (Lipinski definition) is 1. The molecule has 22 heavy (non-hydrogen) atoms. The Morgan fingerprint density at radius 3 is 2.45 bits per heavy atom. The second kappa shape index (κ2) is 6.80. The predicted octanol–water partition coefficient (Wildman–Crippen LogP) is 2.59. The number of esters is 1. The maximum atomic E-state index is 12.8. The highest BCUT2D eigenvalue weighted by atomic mass is 16.6. The van der Waals surface area contributed by atoms with E-state index in [1.54, 1.807) is 0 Å². The molecule has 0 saturated carbocycles. The second-order valence-corrected chi connectivity index (χ2v) is 7.08. The normalized spacial score (nSPS) is 18.0. The largest absolute Gasteiger partial charge is 0.459 e. The molecule has 1 fully saturated rings. The number of carbonyl (C=O) groups is 1. The van der Waals surface area contributed by atoms with E-state index in [4.69, 9.17) is 4.74 Å². The van der Waals surface area contributed by atoms with Gasteiger partial charge in [0.2, 0.25) is 0 Å². The van der Waals surface area contributed by atoms with Crippen molar-refractivity contribution in [3.63, 3.8) is 0 Å². The first kappa shape index (κ1) is 17.0. The molecule has 4 nitrogen and oxygen atoms in total. The molecule has 1 aromatic rings. The molecule has 1 saturated heterocycles. The van der Waals surface area contributed by atoms with E-state index in [2.05, 4.69) is 42.3 Å². The van der Waals surface area contributed by atoms with Crippen molar-refractivity contribution in [1.29, 1.82) is 0 Å². The molecule has 0 bridgehead atoms. The number of hydrogen-bond acceptors (Lipinski definition) is 4. The maximum absolute atomic E-state index is 12.8. The van der Waals surface area contributed by atoms with Crippen molar-refractivity contribution in [3.8, 4) is 0 Å². The molecule has 122 valence electrons. The van der Waals surface area contributed by atoms with Gasteiger partial charge in [-0.1, -0.05) is 23.8 Å². The highest BCUT2D eigenvalue weighted by Crippen LogP contribution is 2.28. The van der Waals surface area contributed by atoms with Gasteiger partial charge in [-0.05, 0) is 45.7 Å². The summed E-state index contributed by atoms with van der Waals surface area (Å²) in [6.45, 7) is 13.4. The number of carbonyl (C=O) groups excluding carboxylic acids is 1. The van der Waals surface area contributed by atoms with Crippen LogP contribution in [0.3, 0.4) is 0 Å². The number of benzene rings is 1. The van der Waals surface area contributed by atoms with Crippen LogP contribution in [0.1, 0.15) is 43.5 Å². The third kappa shape index (κ3) is 4.31. The number of ether oxygens (including phenoxy) is 1. The summed E-state index contributed by atoms with van der Waals surface area (Å²) in [6, 6.07) is 5.97. The fourth-order valence-corrected chi connectivity index (χ4v) is 2.83. The molecule has 2 rings (SSSR count). The maximum Gasteiger partial charge on any atom is 0.328 e. The molecule has 1 aliphatic rings. The molecule has 0 aromatic heterocycles. The number of aryl methyl sites for hydroxylation is 2. The predicted molar refractivity (Wildman–Crippen MR) is 88.9 cm³/mol. The Hall–Kier alpha value is -1.39. The van der Waals surface area contributed by atoms with Gasteiger partial charge in [-0.25, -0.2) is 4.79 Å². The second-order valence-electron chi connectivity index (χ2n) is 7.08. The lowest BCUT2D eigenvalue weighted by atomic mass is 9.97. The van der Waals surface area contributed by atoms with Crippen molar-refractivity contribution in [2.24, 2.45) is 0 Å². The van der Waals surface area contributed by atoms with E-state index in [-0.39, 0.29) is 12.0 Å². The zero-order valence-corrected chi connectivity index (χ0v) is 14.4. The van der Waals surface area contributed by atoms with Crippen LogP contribution >= 0.6 is 0 Å². The Morgan fingerprint density at radius 1 is 1.23 bits per heavy atom. The Labute approximate surface area is 133 Å². The molecule has 1 atom stereocenters. The quantitative estimate of drug-likeness (QED) is 0.872. The third-order valence-corrected chi connectivity index (χ3v) is 3.88. The lowest BCUT2D eigenvalue weighted by Crippen LogP contribution is -2.48. The summed E-state index contributed by atoms with van der Waals surface area (Å²) in [5.41, 5.74) is 2.90. The van der Waals surface area contributed by atoms with Gasteiger partial charge in [0.25, 0.3) is 0 Å². The molecule has 0 aliphatic carbocycles. The minimum absolute atomic E-state index is 0.150. The van der Waals surface area contributed by atoms with Crippen LogP contribution in [0.15, 0.2) is 18.2 Å². The summed E-state index contributed by atoms with van der Waals surface area (Å²) in [7, 11) is 0. The van der Waals surface area contributed by atoms with Crippen LogP contribution in [-0.2, 0) is 9.53 Å². The highest BCUT2D eigenvalue weighted by molar-refractivity contribution is 5.78. The van der Waals surface area contributed by atoms with E-state index < -0.39 is 5.60 Å². The van der Waals surface area contributed by atoms with Crippen molar-refractivity contribution < 1.29 is 9.53 Å². The summed E-state index contributed by atoms with van der Waals surface area (Å²) in [4.78, 5) is 15.1. The topological polar surface area (TPSA) is 41.6 Å². The van der Waals surface area contributed by atoms with Gasteiger partial charge in [0.15, 0.2) is 0 Å². The summed E-state index contributed by atoms with van der Waals surface area (Å²) in [5, 5.41) is 3.34. The first-order chi connectivity index (χ1) is 10.3. The Balaban J connectivity index is 2.36. The minimum atomic E-state index is -0.471. The first-order valence-electron chi connectivity index (χ1n) is 8.03. The zero-order chi connectivity index (χ0) is 16.3. The van der Waals surface area contributed by atoms with Crippen molar-refractivity contribution in [1.82, 2.24) is 10.2 Å². The van der Waals surface area contributed by atoms with Crippen LogP contribution in [0.2, 0.25) is 0 Å². The van der Waals surface area contributed by atoms with Gasteiger partial charge in [0.1, 0.15) is 11.6 Å². The van der Waals surface area contributed by atoms with Crippen LogP contribution < -0.4 is 5.32 Å². The van der Waals surface area contributed by atoms with E-state index >= 15 is 0 Å². The van der Waals surface area contributed by atoms with Crippen LogP contribution in [0.25, 0.3) is 0 Å². The first-order valence-corrected chi connectivity index (χ1v) is 8.03. The molecule has 1 aliphatic heterocycles. The smallest absolute Gasteiger partial charge is 0.328 e. The molecule has 1 aromatic carbocycles. The summed E-state index contributed by atoms with van der Waals surface area (Å²) in [6.07, 6.45) is 0. The van der Waals surface area contributed by atoms with E-state index in [0.717, 1.165) is 37.3 Å². The van der Waals surface area contributed by atoms with E-state index in [1.807, 2.05) is 20.8 Å². The fraction of sp³-hybridized carbons (Fsp3) is 0.611. The van der Waals surface area contributed by atoms with E-state index in [9.17, 15) is 4.79 Å². The zero-order valence-electron chi connectivity index (χ0n) is 14.4. The molecule has 0 amide bonds. The van der Waals surface area contributed by atoms with Gasteiger partial charge < -0.3 is 10.1 Å². The lowest BCUT2D eigenvalue weighted by molar-refractivity contribution is -0.162. The third-order valence-electron chi connectivity index (χ3n) is 3.88. The van der Waals surface area contributed by atoms with Gasteiger partial charge in [-0.3, -0.25) is 4.90 Å². The minimum Gasteiger partial charge on any atom is -0.459 e. The number of nitrogens with zero attached hydrogens (tertiary/aromatic N) is 1. The SMILES string of the molecule is Cc1ccc(C)c(C(C(=O)OC(C)(C)C)N2CCNCC2)c1. The van der Waals surface area contributed by atoms with Gasteiger partial charge in [-0.15, -0.1) is 0 Å².